The predicted octanol–water partition coefficient (Wildman–Crippen LogP) is 2.23. The van der Waals surface area contributed by atoms with E-state index in [4.69, 9.17) is 6.57 Å². The summed E-state index contributed by atoms with van der Waals surface area (Å²) >= 11 is 0. The summed E-state index contributed by atoms with van der Waals surface area (Å²) in [5.41, 5.74) is 1.35. The summed E-state index contributed by atoms with van der Waals surface area (Å²) in [5, 5.41) is 5.74. The van der Waals surface area contributed by atoms with E-state index in [1.54, 1.807) is 22.8 Å². The van der Waals surface area contributed by atoms with E-state index in [1.165, 1.54) is 6.33 Å². The Morgan fingerprint density at radius 1 is 1.38 bits per heavy atom. The maximum absolute atomic E-state index is 7.07. The van der Waals surface area contributed by atoms with Gasteiger partial charge in [-0.05, 0) is 0 Å². The third-order valence-corrected chi connectivity index (χ3v) is 2.31. The average Bonchev–Trinajstić information content (AvgIpc) is 2.76. The molecule has 0 bridgehead atoms. The number of aromatic nitrogens is 3. The van der Waals surface area contributed by atoms with E-state index in [0.717, 1.165) is 16.4 Å². The number of benzene rings is 1. The molecule has 0 amide bonds. The van der Waals surface area contributed by atoms with Crippen molar-refractivity contribution in [1.29, 1.82) is 0 Å². The van der Waals surface area contributed by atoms with Gasteiger partial charge in [-0.15, -0.1) is 17.5 Å². The van der Waals surface area contributed by atoms with Gasteiger partial charge in [0.1, 0.15) is 12.0 Å². The van der Waals surface area contributed by atoms with Gasteiger partial charge >= 0.3 is 0 Å². The second-order valence-corrected chi connectivity index (χ2v) is 3.11. The molecule has 79 valence electrons. The summed E-state index contributed by atoms with van der Waals surface area (Å²) < 4.78 is 1.67. The fourth-order valence-electron chi connectivity index (χ4n) is 1.63. The molecule has 2 heterocycles. The zero-order valence-corrected chi connectivity index (χ0v) is 10.4. The Hall–Kier alpha value is -1.76. The summed E-state index contributed by atoms with van der Waals surface area (Å²) in [4.78, 5) is 7.60. The minimum atomic E-state index is 0. The van der Waals surface area contributed by atoms with Crippen LogP contribution in [-0.4, -0.2) is 14.6 Å². The molecule has 3 aromatic rings. The van der Waals surface area contributed by atoms with Gasteiger partial charge in [0.05, 0.1) is 12.2 Å². The van der Waals surface area contributed by atoms with Gasteiger partial charge in [-0.25, -0.2) is 0 Å². The van der Waals surface area contributed by atoms with Crippen LogP contribution in [0.2, 0.25) is 0 Å². The number of hydrogen-bond donors (Lipinski definition) is 0. The van der Waals surface area contributed by atoms with Crippen molar-refractivity contribution in [3.8, 4) is 0 Å². The maximum atomic E-state index is 7.07. The summed E-state index contributed by atoms with van der Waals surface area (Å²) in [5.74, 6) is 0. The van der Waals surface area contributed by atoms with Crippen LogP contribution in [0.1, 0.15) is 0 Å². The molecule has 2 aromatic heterocycles. The van der Waals surface area contributed by atoms with Crippen molar-refractivity contribution in [3.63, 3.8) is 0 Å². The largest absolute Gasteiger partial charge is 0.264 e. The first-order chi connectivity index (χ1) is 7.40. The second-order valence-electron chi connectivity index (χ2n) is 3.11. The van der Waals surface area contributed by atoms with Gasteiger partial charge in [-0.2, -0.15) is 11.2 Å². The zero-order chi connectivity index (χ0) is 10.3. The monoisotopic (exact) mass is 386 g/mol. The smallest absolute Gasteiger partial charge is 0.127 e. The Balaban J connectivity index is 0.000000963. The number of nitrogens with zero attached hydrogens (tertiary/aromatic N) is 4. The first-order valence-corrected chi connectivity index (χ1v) is 4.40. The van der Waals surface area contributed by atoms with E-state index >= 15 is 0 Å². The molecule has 0 spiro atoms. The van der Waals surface area contributed by atoms with Gasteiger partial charge in [-0.1, -0.05) is 11.5 Å². The normalized spacial score (nSPS) is 9.94. The van der Waals surface area contributed by atoms with Gasteiger partial charge < -0.3 is 0 Å². The number of fused-ring (bicyclic) bond motifs is 3. The van der Waals surface area contributed by atoms with E-state index in [0.29, 0.717) is 5.69 Å². The second kappa shape index (κ2) is 4.01. The predicted molar refractivity (Wildman–Crippen MR) is 55.6 cm³/mol. The Morgan fingerprint density at radius 3 is 3.06 bits per heavy atom. The molecule has 0 N–H and O–H groups in total. The van der Waals surface area contributed by atoms with Crippen molar-refractivity contribution in [2.45, 2.75) is 0 Å². The third kappa shape index (κ3) is 1.40. The fourth-order valence-corrected chi connectivity index (χ4v) is 1.63. The van der Waals surface area contributed by atoms with E-state index in [-0.39, 0.29) is 20.1 Å². The van der Waals surface area contributed by atoms with Crippen LogP contribution in [0.3, 0.4) is 0 Å². The molecule has 0 fully saturated rings. The first kappa shape index (κ1) is 10.7. The molecule has 4 nitrogen and oxygen atoms in total. The van der Waals surface area contributed by atoms with Crippen molar-refractivity contribution in [1.82, 2.24) is 14.6 Å². The van der Waals surface area contributed by atoms with E-state index in [9.17, 15) is 0 Å². The van der Waals surface area contributed by atoms with Gasteiger partial charge in [0.15, 0.2) is 0 Å². The fraction of sp³-hybridized carbons (Fsp3) is 0. The summed E-state index contributed by atoms with van der Waals surface area (Å²) in [6, 6.07) is 8.44. The van der Waals surface area contributed by atoms with E-state index < -0.39 is 0 Å². The van der Waals surface area contributed by atoms with Crippen LogP contribution < -0.4 is 0 Å². The molecule has 0 aliphatic heterocycles. The summed E-state index contributed by atoms with van der Waals surface area (Å²) in [6.07, 6.45) is 3.29. The van der Waals surface area contributed by atoms with Crippen LogP contribution >= 0.6 is 0 Å². The van der Waals surface area contributed by atoms with Crippen LogP contribution in [0.15, 0.2) is 30.7 Å². The Morgan fingerprint density at radius 2 is 2.25 bits per heavy atom. The molecule has 0 aliphatic carbocycles. The molecule has 0 saturated heterocycles. The molecule has 16 heavy (non-hydrogen) atoms. The minimum absolute atomic E-state index is 0. The van der Waals surface area contributed by atoms with Gasteiger partial charge in [0.25, 0.3) is 0 Å². The Kier molecular flexibility index (Phi) is 2.69. The minimum Gasteiger partial charge on any atom is -0.264 e. The van der Waals surface area contributed by atoms with Gasteiger partial charge in [-0.3, -0.25) is 14.3 Å². The van der Waals surface area contributed by atoms with Crippen molar-refractivity contribution in [3.05, 3.63) is 48.2 Å². The van der Waals surface area contributed by atoms with Crippen molar-refractivity contribution in [2.24, 2.45) is 0 Å². The molecule has 0 saturated carbocycles. The molecule has 1 aromatic carbocycles. The molecule has 0 atom stereocenters. The summed E-state index contributed by atoms with van der Waals surface area (Å²) in [7, 11) is 0. The zero-order valence-electron chi connectivity index (χ0n) is 8.01. The molecule has 1 radical (unpaired) electrons. The Bertz CT molecular complexity index is 696. The average molecular weight is 385 g/mol. The molecular formula is C11H5IrN4-. The SMILES string of the molecule is [C-]#[N+]c1cc[c-]c2c1ccn1ncnc21.[Ir]. The molecule has 0 aliphatic rings. The van der Waals surface area contributed by atoms with Crippen molar-refractivity contribution < 1.29 is 20.1 Å². The number of hydrogen-bond acceptors (Lipinski definition) is 2. The molecule has 5 heteroatoms. The van der Waals surface area contributed by atoms with E-state index in [1.807, 2.05) is 6.07 Å². The number of rotatable bonds is 0. The standard InChI is InChI=1S/C11H5N4.Ir/c1-12-10-4-2-3-9-8(10)5-6-15-11(9)13-7-14-15;/h2,4-7H;/q-1;. The quantitative estimate of drug-likeness (QED) is 0.557. The third-order valence-electron chi connectivity index (χ3n) is 2.31. The van der Waals surface area contributed by atoms with Crippen LogP contribution in [0.4, 0.5) is 5.69 Å². The van der Waals surface area contributed by atoms with Crippen molar-refractivity contribution >= 4 is 22.1 Å². The maximum Gasteiger partial charge on any atom is 0.127 e. The number of pyridine rings is 1. The molecule has 0 unspecified atom stereocenters. The van der Waals surface area contributed by atoms with E-state index in [2.05, 4.69) is 21.0 Å². The van der Waals surface area contributed by atoms with Crippen LogP contribution in [-0.2, 0) is 20.1 Å². The molecular weight excluding hydrogens is 380 g/mol. The van der Waals surface area contributed by atoms with Crippen molar-refractivity contribution in [2.75, 3.05) is 0 Å². The van der Waals surface area contributed by atoms with Gasteiger partial charge in [0, 0.05) is 26.3 Å². The van der Waals surface area contributed by atoms with Gasteiger partial charge in [0.2, 0.25) is 0 Å². The Labute approximate surface area is 105 Å². The summed E-state index contributed by atoms with van der Waals surface area (Å²) in [6.45, 7) is 7.07. The molecule has 3 rings (SSSR count). The topological polar surface area (TPSA) is 34.5 Å². The first-order valence-electron chi connectivity index (χ1n) is 4.40. The van der Waals surface area contributed by atoms with Crippen LogP contribution in [0.25, 0.3) is 21.3 Å². The van der Waals surface area contributed by atoms with Crippen LogP contribution in [0, 0.1) is 12.6 Å². The van der Waals surface area contributed by atoms with Crippen LogP contribution in [0.5, 0.6) is 0 Å².